The van der Waals surface area contributed by atoms with E-state index in [1.165, 1.54) is 26.0 Å². The molecule has 0 radical (unpaired) electrons. The Bertz CT molecular complexity index is 1220. The second-order valence-corrected chi connectivity index (χ2v) is 7.62. The van der Waals surface area contributed by atoms with Crippen LogP contribution in [0.1, 0.15) is 22.0 Å². The number of allylic oxidation sites excluding steroid dienone is 1. The van der Waals surface area contributed by atoms with Crippen LogP contribution in [0.15, 0.2) is 58.2 Å². The molecule has 1 N–H and O–H groups in total. The Morgan fingerprint density at radius 3 is 2.41 bits per heavy atom. The Kier molecular flexibility index (Phi) is 5.91. The van der Waals surface area contributed by atoms with E-state index >= 15 is 0 Å². The molecule has 0 saturated heterocycles. The summed E-state index contributed by atoms with van der Waals surface area (Å²) in [7, 11) is 4.22. The fourth-order valence-corrected chi connectivity index (χ4v) is 3.74. The van der Waals surface area contributed by atoms with Crippen molar-refractivity contribution in [1.82, 2.24) is 20.2 Å². The van der Waals surface area contributed by atoms with Gasteiger partial charge in [-0.2, -0.15) is 4.68 Å². The van der Waals surface area contributed by atoms with E-state index in [-0.39, 0.29) is 17.2 Å². The Morgan fingerprint density at radius 2 is 1.75 bits per heavy atom. The topological polar surface area (TPSA) is 117 Å². The van der Waals surface area contributed by atoms with Crippen molar-refractivity contribution in [3.63, 3.8) is 0 Å². The van der Waals surface area contributed by atoms with E-state index in [4.69, 9.17) is 14.2 Å². The molecule has 0 saturated carbocycles. The molecule has 1 aliphatic rings. The number of Topliss-reactive ketones (excluding diaryl/α,β-unsaturated/α-hetero) is 1. The quantitative estimate of drug-likeness (QED) is 0.403. The van der Waals surface area contributed by atoms with Crippen LogP contribution in [0.3, 0.4) is 0 Å². The first-order valence-corrected chi connectivity index (χ1v) is 10.2. The van der Waals surface area contributed by atoms with Crippen LogP contribution in [0.4, 0.5) is 5.95 Å². The van der Waals surface area contributed by atoms with Gasteiger partial charge in [-0.3, -0.25) is 4.79 Å². The summed E-state index contributed by atoms with van der Waals surface area (Å²) in [6.45, 7) is 0. The van der Waals surface area contributed by atoms with Crippen LogP contribution in [0.5, 0.6) is 11.5 Å². The van der Waals surface area contributed by atoms with Gasteiger partial charge in [0.15, 0.2) is 17.3 Å². The largest absolute Gasteiger partial charge is 0.493 e. The molecule has 1 aliphatic heterocycles. The van der Waals surface area contributed by atoms with Gasteiger partial charge in [-0.25, -0.2) is 4.79 Å². The van der Waals surface area contributed by atoms with Crippen LogP contribution in [0.25, 0.3) is 0 Å². The third kappa shape index (κ3) is 3.71. The zero-order valence-corrected chi connectivity index (χ0v) is 18.9. The summed E-state index contributed by atoms with van der Waals surface area (Å²) in [5.74, 6) is -0.0776. The molecule has 11 heteroatoms. The van der Waals surface area contributed by atoms with Gasteiger partial charge in [0.25, 0.3) is 0 Å². The van der Waals surface area contributed by atoms with Gasteiger partial charge >= 0.3 is 5.97 Å². The minimum absolute atomic E-state index is 0.0393. The zero-order chi connectivity index (χ0) is 22.8. The molecule has 1 atom stereocenters. The number of ether oxygens (including phenoxy) is 3. The number of methoxy groups -OCH3 is 3. The predicted octanol–water partition coefficient (Wildman–Crippen LogP) is 2.78. The molecule has 0 aliphatic carbocycles. The number of anilines is 1. The van der Waals surface area contributed by atoms with Gasteiger partial charge in [0.1, 0.15) is 11.7 Å². The second-order valence-electron chi connectivity index (χ2n) is 6.71. The van der Waals surface area contributed by atoms with Crippen molar-refractivity contribution in [2.45, 2.75) is 6.04 Å². The molecule has 164 valence electrons. The lowest BCUT2D eigenvalue weighted by atomic mass is 9.89. The summed E-state index contributed by atoms with van der Waals surface area (Å²) in [6.07, 6.45) is 0. The standard InChI is InChI=1S/C21H18BrN5O5/c1-30-14-9-6-12(10-15(14)31-2)19(28)16-17(20(29)32-3)23-21-24-25-26-27(21)18(16)11-4-7-13(22)8-5-11/h4-10,18H,1-3H3,(H,23,24,26)/t18-/m0/s1. The molecule has 10 nitrogen and oxygen atoms in total. The maximum absolute atomic E-state index is 13.8. The van der Waals surface area contributed by atoms with E-state index in [0.29, 0.717) is 22.6 Å². The first-order chi connectivity index (χ1) is 15.5. The molecule has 32 heavy (non-hydrogen) atoms. The number of tetrazole rings is 1. The summed E-state index contributed by atoms with van der Waals surface area (Å²) in [5.41, 5.74) is 1.08. The first-order valence-electron chi connectivity index (χ1n) is 9.38. The van der Waals surface area contributed by atoms with Crippen molar-refractivity contribution >= 4 is 33.6 Å². The summed E-state index contributed by atoms with van der Waals surface area (Å²) in [6, 6.07) is 11.3. The monoisotopic (exact) mass is 499 g/mol. The maximum atomic E-state index is 13.8. The molecular formula is C21H18BrN5O5. The normalized spacial score (nSPS) is 14.9. The molecule has 0 amide bonds. The molecule has 2 aromatic carbocycles. The Labute approximate surface area is 191 Å². The molecule has 4 rings (SSSR count). The Morgan fingerprint density at radius 1 is 1.03 bits per heavy atom. The van der Waals surface area contributed by atoms with E-state index in [1.54, 1.807) is 18.2 Å². The highest BCUT2D eigenvalue weighted by Gasteiger charge is 2.38. The molecule has 3 aromatic rings. The number of carbonyl (C=O) groups is 2. The fraction of sp³-hybridized carbons (Fsp3) is 0.190. The van der Waals surface area contributed by atoms with Gasteiger partial charge in [0.2, 0.25) is 5.95 Å². The SMILES string of the molecule is COC(=O)C1=C(C(=O)c2ccc(OC)c(OC)c2)[C@H](c2ccc(Br)cc2)n2nnnc2N1. The van der Waals surface area contributed by atoms with Crippen molar-refractivity contribution < 1.29 is 23.8 Å². The highest BCUT2D eigenvalue weighted by atomic mass is 79.9. The van der Waals surface area contributed by atoms with Crippen LogP contribution in [-0.4, -0.2) is 53.3 Å². The minimum atomic E-state index is -0.774. The number of nitrogens with zero attached hydrogens (tertiary/aromatic N) is 4. The molecular weight excluding hydrogens is 482 g/mol. The van der Waals surface area contributed by atoms with Crippen molar-refractivity contribution in [1.29, 1.82) is 0 Å². The van der Waals surface area contributed by atoms with Gasteiger partial charge in [-0.15, -0.1) is 0 Å². The van der Waals surface area contributed by atoms with Gasteiger partial charge in [0.05, 0.1) is 26.9 Å². The number of halogens is 1. The smallest absolute Gasteiger partial charge is 0.355 e. The van der Waals surface area contributed by atoms with Crippen LogP contribution < -0.4 is 14.8 Å². The van der Waals surface area contributed by atoms with Crippen LogP contribution in [0.2, 0.25) is 0 Å². The lowest BCUT2D eigenvalue weighted by molar-refractivity contribution is -0.136. The second kappa shape index (κ2) is 8.79. The lowest BCUT2D eigenvalue weighted by Crippen LogP contribution is -2.33. The average molecular weight is 500 g/mol. The zero-order valence-electron chi connectivity index (χ0n) is 17.3. The maximum Gasteiger partial charge on any atom is 0.355 e. The predicted molar refractivity (Wildman–Crippen MR) is 117 cm³/mol. The fourth-order valence-electron chi connectivity index (χ4n) is 3.47. The van der Waals surface area contributed by atoms with E-state index in [1.807, 2.05) is 24.3 Å². The minimum Gasteiger partial charge on any atom is -0.493 e. The third-order valence-electron chi connectivity index (χ3n) is 4.98. The number of carbonyl (C=O) groups excluding carboxylic acids is 2. The van der Waals surface area contributed by atoms with Gasteiger partial charge in [0, 0.05) is 10.0 Å². The van der Waals surface area contributed by atoms with Crippen molar-refractivity contribution in [2.75, 3.05) is 26.6 Å². The first kappa shape index (κ1) is 21.5. The summed E-state index contributed by atoms with van der Waals surface area (Å²) in [4.78, 5) is 26.5. The van der Waals surface area contributed by atoms with Crippen LogP contribution in [0, 0.1) is 0 Å². The summed E-state index contributed by atoms with van der Waals surface area (Å²) < 4.78 is 17.8. The average Bonchev–Trinajstić information content (AvgIpc) is 3.30. The number of fused-ring (bicyclic) bond motifs is 1. The number of benzene rings is 2. The van der Waals surface area contributed by atoms with Crippen molar-refractivity contribution in [2.24, 2.45) is 0 Å². The lowest BCUT2D eigenvalue weighted by Gasteiger charge is -2.28. The highest BCUT2D eigenvalue weighted by molar-refractivity contribution is 9.10. The van der Waals surface area contributed by atoms with Crippen LogP contribution >= 0.6 is 15.9 Å². The highest BCUT2D eigenvalue weighted by Crippen LogP contribution is 2.38. The van der Waals surface area contributed by atoms with E-state index in [0.717, 1.165) is 4.47 Å². The van der Waals surface area contributed by atoms with Gasteiger partial charge in [-0.1, -0.05) is 33.2 Å². The molecule has 0 unspecified atom stereocenters. The summed E-state index contributed by atoms with van der Waals surface area (Å²) in [5, 5.41) is 14.5. The number of hydrogen-bond acceptors (Lipinski definition) is 9. The number of hydrogen-bond donors (Lipinski definition) is 1. The molecule has 2 heterocycles. The number of esters is 1. The number of rotatable bonds is 6. The number of ketones is 1. The molecule has 0 spiro atoms. The number of nitrogens with one attached hydrogen (secondary N) is 1. The molecule has 0 fully saturated rings. The Hall–Kier alpha value is -3.73. The van der Waals surface area contributed by atoms with Crippen molar-refractivity contribution in [3.8, 4) is 11.5 Å². The van der Waals surface area contributed by atoms with Gasteiger partial charge in [-0.05, 0) is 46.3 Å². The van der Waals surface area contributed by atoms with E-state index in [2.05, 4.69) is 36.8 Å². The number of aromatic nitrogens is 4. The van der Waals surface area contributed by atoms with E-state index in [9.17, 15) is 9.59 Å². The Balaban J connectivity index is 1.93. The third-order valence-corrected chi connectivity index (χ3v) is 5.51. The van der Waals surface area contributed by atoms with Gasteiger partial charge < -0.3 is 19.5 Å². The van der Waals surface area contributed by atoms with Crippen LogP contribution in [-0.2, 0) is 9.53 Å². The van der Waals surface area contributed by atoms with Crippen molar-refractivity contribution in [3.05, 3.63) is 69.3 Å². The van der Waals surface area contributed by atoms with E-state index < -0.39 is 17.8 Å². The summed E-state index contributed by atoms with van der Waals surface area (Å²) >= 11 is 3.41. The molecule has 0 bridgehead atoms. The molecule has 1 aromatic heterocycles.